The van der Waals surface area contributed by atoms with Crippen molar-refractivity contribution in [3.63, 3.8) is 0 Å². The van der Waals surface area contributed by atoms with Gasteiger partial charge in [0.05, 0.1) is 0 Å². The normalized spacial score (nSPS) is 15.9. The Morgan fingerprint density at radius 3 is 1.88 bits per heavy atom. The third-order valence-electron chi connectivity index (χ3n) is 3.59. The van der Waals surface area contributed by atoms with E-state index in [1.807, 2.05) is 0 Å². The molecule has 0 fully saturated rings. The molecule has 0 aliphatic rings. The van der Waals surface area contributed by atoms with E-state index in [2.05, 4.69) is 46.6 Å². The van der Waals surface area contributed by atoms with E-state index in [0.29, 0.717) is 12.0 Å². The largest absolute Gasteiger partial charge is 0.330 e. The maximum absolute atomic E-state index is 5.85. The van der Waals surface area contributed by atoms with Gasteiger partial charge in [0.2, 0.25) is 0 Å². The third kappa shape index (κ3) is 8.62. The van der Waals surface area contributed by atoms with Crippen molar-refractivity contribution in [3.8, 4) is 0 Å². The average molecular weight is 242 g/mol. The summed E-state index contributed by atoms with van der Waals surface area (Å²) in [5, 5.41) is 0. The van der Waals surface area contributed by atoms with E-state index in [-0.39, 0.29) is 0 Å². The van der Waals surface area contributed by atoms with Crippen molar-refractivity contribution in [1.29, 1.82) is 0 Å². The van der Waals surface area contributed by atoms with Gasteiger partial charge >= 0.3 is 0 Å². The molecule has 0 radical (unpaired) electrons. The summed E-state index contributed by atoms with van der Waals surface area (Å²) in [4.78, 5) is 2.49. The Bertz CT molecular complexity index is 178. The molecule has 2 atom stereocenters. The summed E-state index contributed by atoms with van der Waals surface area (Å²) < 4.78 is 0. The monoisotopic (exact) mass is 242 g/mol. The lowest BCUT2D eigenvalue weighted by Crippen LogP contribution is -2.33. The minimum absolute atomic E-state index is 0.687. The van der Waals surface area contributed by atoms with Gasteiger partial charge in [-0.15, -0.1) is 0 Å². The molecule has 17 heavy (non-hydrogen) atoms. The first-order chi connectivity index (χ1) is 7.86. The predicted octanol–water partition coefficient (Wildman–Crippen LogP) is 3.36. The van der Waals surface area contributed by atoms with Crippen molar-refractivity contribution in [2.24, 2.45) is 23.5 Å². The molecule has 2 unspecified atom stereocenters. The van der Waals surface area contributed by atoms with Gasteiger partial charge in [0.25, 0.3) is 0 Å². The highest BCUT2D eigenvalue weighted by molar-refractivity contribution is 4.69. The van der Waals surface area contributed by atoms with Crippen LogP contribution in [0.3, 0.4) is 0 Å². The molecule has 0 aliphatic heterocycles. The lowest BCUT2D eigenvalue weighted by atomic mass is 9.94. The second-order valence-electron chi connectivity index (χ2n) is 6.48. The summed E-state index contributed by atoms with van der Waals surface area (Å²) in [6.45, 7) is 13.5. The Hall–Kier alpha value is -0.0800. The maximum atomic E-state index is 5.85. The van der Waals surface area contributed by atoms with Crippen LogP contribution in [-0.4, -0.2) is 31.1 Å². The van der Waals surface area contributed by atoms with Crippen LogP contribution in [0.25, 0.3) is 0 Å². The molecule has 0 saturated carbocycles. The zero-order valence-corrected chi connectivity index (χ0v) is 12.9. The summed E-state index contributed by atoms with van der Waals surface area (Å²) in [6.07, 6.45) is 3.80. The fourth-order valence-electron chi connectivity index (χ4n) is 2.47. The highest BCUT2D eigenvalue weighted by atomic mass is 15.1. The lowest BCUT2D eigenvalue weighted by molar-refractivity contribution is 0.208. The van der Waals surface area contributed by atoms with Gasteiger partial charge in [-0.3, -0.25) is 0 Å². The molecule has 0 spiro atoms. The molecule has 2 N–H and O–H groups in total. The highest BCUT2D eigenvalue weighted by Gasteiger charge is 2.14. The number of hydrogen-bond acceptors (Lipinski definition) is 2. The molecule has 0 amide bonds. The second-order valence-corrected chi connectivity index (χ2v) is 6.48. The molecule has 0 aromatic heterocycles. The van der Waals surface area contributed by atoms with Crippen LogP contribution in [0.15, 0.2) is 0 Å². The van der Waals surface area contributed by atoms with Crippen molar-refractivity contribution >= 4 is 0 Å². The van der Waals surface area contributed by atoms with Crippen molar-refractivity contribution in [3.05, 3.63) is 0 Å². The quantitative estimate of drug-likeness (QED) is 0.672. The molecule has 0 saturated heterocycles. The van der Waals surface area contributed by atoms with E-state index in [0.717, 1.165) is 18.4 Å². The summed E-state index contributed by atoms with van der Waals surface area (Å²) in [6, 6.07) is 0.687. The lowest BCUT2D eigenvalue weighted by Gasteiger charge is -2.28. The fourth-order valence-corrected chi connectivity index (χ4v) is 2.47. The van der Waals surface area contributed by atoms with Gasteiger partial charge in [0.15, 0.2) is 0 Å². The van der Waals surface area contributed by atoms with E-state index < -0.39 is 0 Å². The van der Waals surface area contributed by atoms with Crippen LogP contribution in [0.2, 0.25) is 0 Å². The zero-order valence-electron chi connectivity index (χ0n) is 12.9. The van der Waals surface area contributed by atoms with Crippen LogP contribution in [0.4, 0.5) is 0 Å². The van der Waals surface area contributed by atoms with Crippen LogP contribution in [-0.2, 0) is 0 Å². The molecule has 0 aromatic rings. The first-order valence-corrected chi connectivity index (χ1v) is 7.27. The molecule has 2 heteroatoms. The number of nitrogens with zero attached hydrogens (tertiary/aromatic N) is 1. The van der Waals surface area contributed by atoms with Crippen molar-refractivity contribution in [1.82, 2.24) is 4.90 Å². The Balaban J connectivity index is 3.90. The summed E-state index contributed by atoms with van der Waals surface area (Å²) in [5.74, 6) is 2.25. The van der Waals surface area contributed by atoms with Crippen LogP contribution >= 0.6 is 0 Å². The Morgan fingerprint density at radius 2 is 1.47 bits per heavy atom. The van der Waals surface area contributed by atoms with Crippen molar-refractivity contribution < 1.29 is 0 Å². The Morgan fingerprint density at radius 1 is 0.941 bits per heavy atom. The average Bonchev–Trinajstić information content (AvgIpc) is 2.22. The zero-order chi connectivity index (χ0) is 13.4. The Kier molecular flexibility index (Phi) is 8.89. The number of hydrogen-bond donors (Lipinski definition) is 1. The van der Waals surface area contributed by atoms with Crippen LogP contribution in [0.1, 0.15) is 53.9 Å². The molecule has 0 aliphatic carbocycles. The molecule has 0 bridgehead atoms. The van der Waals surface area contributed by atoms with Gasteiger partial charge in [0.1, 0.15) is 0 Å². The number of rotatable bonds is 9. The van der Waals surface area contributed by atoms with Gasteiger partial charge < -0.3 is 10.6 Å². The van der Waals surface area contributed by atoms with E-state index in [1.54, 1.807) is 0 Å². The smallest absolute Gasteiger partial charge is 0.00663 e. The highest BCUT2D eigenvalue weighted by Crippen LogP contribution is 2.16. The molecule has 0 rings (SSSR count). The molecule has 0 aromatic carbocycles. The van der Waals surface area contributed by atoms with Gasteiger partial charge in [-0.25, -0.2) is 0 Å². The molecular weight excluding hydrogens is 208 g/mol. The molecule has 104 valence electrons. The van der Waals surface area contributed by atoms with E-state index in [9.17, 15) is 0 Å². The molecule has 2 nitrogen and oxygen atoms in total. The van der Waals surface area contributed by atoms with Gasteiger partial charge in [-0.2, -0.15) is 0 Å². The fraction of sp³-hybridized carbons (Fsp3) is 1.00. The summed E-state index contributed by atoms with van der Waals surface area (Å²) >= 11 is 0. The first-order valence-electron chi connectivity index (χ1n) is 7.27. The maximum Gasteiger partial charge on any atom is 0.00663 e. The van der Waals surface area contributed by atoms with E-state index >= 15 is 0 Å². The van der Waals surface area contributed by atoms with Crippen LogP contribution in [0.5, 0.6) is 0 Å². The standard InChI is InChI=1S/C15H34N2/c1-12(2)9-14(5)17(6)8-7-15(11-16)10-13(3)4/h12-15H,7-11,16H2,1-6H3. The molecule has 0 heterocycles. The molecular formula is C15H34N2. The van der Waals surface area contributed by atoms with Gasteiger partial charge in [-0.1, -0.05) is 27.7 Å². The topological polar surface area (TPSA) is 29.3 Å². The summed E-state index contributed by atoms with van der Waals surface area (Å²) in [5.41, 5.74) is 5.85. The minimum Gasteiger partial charge on any atom is -0.330 e. The SMILES string of the molecule is CC(C)CC(CN)CCN(C)C(C)CC(C)C. The van der Waals surface area contributed by atoms with E-state index in [1.165, 1.54) is 25.8 Å². The number of nitrogens with two attached hydrogens (primary N) is 1. The van der Waals surface area contributed by atoms with E-state index in [4.69, 9.17) is 5.73 Å². The predicted molar refractivity (Wildman–Crippen MR) is 78.2 cm³/mol. The third-order valence-corrected chi connectivity index (χ3v) is 3.59. The summed E-state index contributed by atoms with van der Waals surface area (Å²) in [7, 11) is 2.25. The second kappa shape index (κ2) is 8.93. The van der Waals surface area contributed by atoms with Crippen molar-refractivity contribution in [2.45, 2.75) is 59.9 Å². The minimum atomic E-state index is 0.687. The Labute approximate surface area is 109 Å². The first kappa shape index (κ1) is 16.9. The van der Waals surface area contributed by atoms with Crippen molar-refractivity contribution in [2.75, 3.05) is 20.1 Å². The van der Waals surface area contributed by atoms with Crippen LogP contribution in [0, 0.1) is 17.8 Å². The van der Waals surface area contributed by atoms with Gasteiger partial charge in [0, 0.05) is 6.04 Å². The van der Waals surface area contributed by atoms with Crippen LogP contribution < -0.4 is 5.73 Å². The van der Waals surface area contributed by atoms with Gasteiger partial charge in [-0.05, 0) is 64.1 Å².